The number of aromatic nitrogens is 2. The van der Waals surface area contributed by atoms with Crippen LogP contribution in [0.3, 0.4) is 0 Å². The molecule has 0 spiro atoms. The molecule has 2 heterocycles. The monoisotopic (exact) mass is 349 g/mol. The van der Waals surface area contributed by atoms with E-state index < -0.39 is 0 Å². The van der Waals surface area contributed by atoms with E-state index in [0.717, 1.165) is 36.2 Å². The van der Waals surface area contributed by atoms with Crippen molar-refractivity contribution in [2.45, 2.75) is 25.3 Å². The zero-order chi connectivity index (χ0) is 17.9. The Morgan fingerprint density at radius 3 is 2.77 bits per heavy atom. The maximum Gasteiger partial charge on any atom is 0.254 e. The summed E-state index contributed by atoms with van der Waals surface area (Å²) in [4.78, 5) is 22.4. The van der Waals surface area contributed by atoms with Crippen LogP contribution < -0.4 is 0 Å². The molecule has 1 atom stereocenters. The lowest BCUT2D eigenvalue weighted by Gasteiger charge is -2.36. The Balaban J connectivity index is 1.63. The summed E-state index contributed by atoms with van der Waals surface area (Å²) in [5.41, 5.74) is 2.52. The zero-order valence-corrected chi connectivity index (χ0v) is 14.4. The molecule has 1 aliphatic heterocycles. The summed E-state index contributed by atoms with van der Waals surface area (Å²) < 4.78 is 13.3. The molecule has 1 N–H and O–H groups in total. The summed E-state index contributed by atoms with van der Waals surface area (Å²) in [5.74, 6) is 0.495. The van der Waals surface area contributed by atoms with Crippen molar-refractivity contribution in [3.63, 3.8) is 0 Å². The van der Waals surface area contributed by atoms with Crippen molar-refractivity contribution in [2.75, 3.05) is 6.54 Å². The summed E-state index contributed by atoms with van der Waals surface area (Å²) in [7, 11) is 0. The van der Waals surface area contributed by atoms with Gasteiger partial charge in [0.2, 0.25) is 0 Å². The van der Waals surface area contributed by atoms with Gasteiger partial charge < -0.3 is 9.88 Å². The van der Waals surface area contributed by atoms with Crippen LogP contribution in [-0.2, 0) is 0 Å². The Bertz CT molecular complexity index is 890. The number of halogens is 1. The van der Waals surface area contributed by atoms with E-state index in [4.69, 9.17) is 0 Å². The van der Waals surface area contributed by atoms with E-state index in [1.807, 2.05) is 29.2 Å². The Morgan fingerprint density at radius 1 is 1.15 bits per heavy atom. The molecule has 3 aromatic rings. The minimum Gasteiger partial charge on any atom is -0.345 e. The first kappa shape index (κ1) is 16.5. The highest BCUT2D eigenvalue weighted by Crippen LogP contribution is 2.32. The highest BCUT2D eigenvalue weighted by molar-refractivity contribution is 5.95. The number of carbonyl (C=O) groups excluding carboxylic acids is 1. The molecule has 0 bridgehead atoms. The number of hydrogen-bond acceptors (Lipinski definition) is 2. The van der Waals surface area contributed by atoms with Gasteiger partial charge in [0.05, 0.1) is 6.04 Å². The van der Waals surface area contributed by atoms with Gasteiger partial charge >= 0.3 is 0 Å². The molecular weight excluding hydrogens is 329 g/mol. The van der Waals surface area contributed by atoms with E-state index in [-0.39, 0.29) is 17.8 Å². The molecule has 0 aliphatic carbocycles. The molecule has 1 amide bonds. The van der Waals surface area contributed by atoms with Crippen molar-refractivity contribution in [2.24, 2.45) is 0 Å². The number of H-pyrrole nitrogens is 1. The molecule has 0 saturated carbocycles. The predicted octanol–water partition coefficient (Wildman–Crippen LogP) is 4.58. The van der Waals surface area contributed by atoms with Crippen LogP contribution in [0.5, 0.6) is 0 Å². The lowest BCUT2D eigenvalue weighted by Crippen LogP contribution is -2.38. The van der Waals surface area contributed by atoms with Crippen molar-refractivity contribution in [1.29, 1.82) is 0 Å². The van der Waals surface area contributed by atoms with Gasteiger partial charge in [0, 0.05) is 30.1 Å². The van der Waals surface area contributed by atoms with E-state index in [0.29, 0.717) is 12.1 Å². The Morgan fingerprint density at radius 2 is 2.00 bits per heavy atom. The lowest BCUT2D eigenvalue weighted by atomic mass is 9.94. The molecule has 132 valence electrons. The van der Waals surface area contributed by atoms with Gasteiger partial charge in [-0.05, 0) is 49.1 Å². The summed E-state index contributed by atoms with van der Waals surface area (Å²) in [6.45, 7) is 0.714. The normalized spacial score (nSPS) is 17.3. The summed E-state index contributed by atoms with van der Waals surface area (Å²) in [5, 5.41) is 0. The second-order valence-electron chi connectivity index (χ2n) is 6.58. The molecule has 1 aromatic heterocycles. The Kier molecular flexibility index (Phi) is 4.52. The van der Waals surface area contributed by atoms with Crippen LogP contribution in [0.25, 0.3) is 11.4 Å². The highest BCUT2D eigenvalue weighted by Gasteiger charge is 2.28. The van der Waals surface area contributed by atoms with E-state index >= 15 is 0 Å². The third kappa shape index (κ3) is 3.25. The van der Waals surface area contributed by atoms with Gasteiger partial charge in [-0.25, -0.2) is 9.37 Å². The Hall–Kier alpha value is -2.95. The molecule has 0 radical (unpaired) electrons. The smallest absolute Gasteiger partial charge is 0.254 e. The van der Waals surface area contributed by atoms with Crippen molar-refractivity contribution in [3.05, 3.63) is 77.9 Å². The minimum atomic E-state index is -0.256. The van der Waals surface area contributed by atoms with Gasteiger partial charge in [0.1, 0.15) is 11.6 Å². The van der Waals surface area contributed by atoms with Crippen LogP contribution in [-0.4, -0.2) is 27.3 Å². The number of nitrogens with zero attached hydrogens (tertiary/aromatic N) is 2. The highest BCUT2D eigenvalue weighted by atomic mass is 19.1. The van der Waals surface area contributed by atoms with Crippen LogP contribution >= 0.6 is 0 Å². The number of amides is 1. The standard InChI is InChI=1S/C21H20FN3O/c22-18-9-7-15(8-10-18)19-6-1-2-13-25(19)21(26)17-5-3-4-16(14-17)20-23-11-12-24-20/h3-5,7-12,14,19H,1-2,6,13H2,(H,23,24)/t19-/m1/s1. The molecule has 26 heavy (non-hydrogen) atoms. The number of imidazole rings is 1. The largest absolute Gasteiger partial charge is 0.345 e. The van der Waals surface area contributed by atoms with Gasteiger partial charge in [0.15, 0.2) is 0 Å². The molecule has 2 aromatic carbocycles. The van der Waals surface area contributed by atoms with Crippen molar-refractivity contribution in [1.82, 2.24) is 14.9 Å². The Labute approximate surface area is 151 Å². The third-order valence-corrected chi connectivity index (χ3v) is 4.90. The molecule has 5 heteroatoms. The van der Waals surface area contributed by atoms with Crippen LogP contribution in [0.1, 0.15) is 41.2 Å². The van der Waals surface area contributed by atoms with Crippen molar-refractivity contribution in [3.8, 4) is 11.4 Å². The molecular formula is C21H20FN3O. The minimum absolute atomic E-state index is 0.00688. The average molecular weight is 349 g/mol. The number of hydrogen-bond donors (Lipinski definition) is 1. The summed E-state index contributed by atoms with van der Waals surface area (Å²) >= 11 is 0. The number of nitrogens with one attached hydrogen (secondary N) is 1. The molecule has 1 fully saturated rings. The second-order valence-corrected chi connectivity index (χ2v) is 6.58. The van der Waals surface area contributed by atoms with E-state index in [2.05, 4.69) is 9.97 Å². The number of rotatable bonds is 3. The van der Waals surface area contributed by atoms with Crippen molar-refractivity contribution >= 4 is 5.91 Å². The fourth-order valence-electron chi connectivity index (χ4n) is 3.59. The van der Waals surface area contributed by atoms with Gasteiger partial charge in [-0.1, -0.05) is 24.3 Å². The number of piperidine rings is 1. The SMILES string of the molecule is O=C(c1cccc(-c2ncc[nH]2)c1)N1CCCC[C@@H]1c1ccc(F)cc1. The van der Waals surface area contributed by atoms with E-state index in [9.17, 15) is 9.18 Å². The maximum absolute atomic E-state index is 13.3. The number of likely N-dealkylation sites (tertiary alicyclic amines) is 1. The fourth-order valence-corrected chi connectivity index (χ4v) is 3.59. The summed E-state index contributed by atoms with van der Waals surface area (Å²) in [6, 6.07) is 14.0. The molecule has 1 aliphatic rings. The molecule has 4 nitrogen and oxygen atoms in total. The first-order chi connectivity index (χ1) is 12.7. The van der Waals surface area contributed by atoms with Crippen molar-refractivity contribution < 1.29 is 9.18 Å². The number of carbonyl (C=O) groups is 1. The van der Waals surface area contributed by atoms with Gasteiger partial charge in [-0.15, -0.1) is 0 Å². The van der Waals surface area contributed by atoms with Crippen LogP contribution in [0.15, 0.2) is 60.9 Å². The summed E-state index contributed by atoms with van der Waals surface area (Å²) in [6.07, 6.45) is 6.41. The molecule has 1 saturated heterocycles. The fraction of sp³-hybridized carbons (Fsp3) is 0.238. The second kappa shape index (κ2) is 7.12. The van der Waals surface area contributed by atoms with E-state index in [1.165, 1.54) is 12.1 Å². The van der Waals surface area contributed by atoms with Crippen LogP contribution in [0.4, 0.5) is 4.39 Å². The van der Waals surface area contributed by atoms with Gasteiger partial charge in [0.25, 0.3) is 5.91 Å². The van der Waals surface area contributed by atoms with Gasteiger partial charge in [-0.2, -0.15) is 0 Å². The first-order valence-corrected chi connectivity index (χ1v) is 8.88. The van der Waals surface area contributed by atoms with Gasteiger partial charge in [-0.3, -0.25) is 4.79 Å². The average Bonchev–Trinajstić information content (AvgIpc) is 3.23. The molecule has 4 rings (SSSR count). The maximum atomic E-state index is 13.3. The third-order valence-electron chi connectivity index (χ3n) is 4.90. The van der Waals surface area contributed by atoms with Crippen LogP contribution in [0, 0.1) is 5.82 Å². The molecule has 0 unspecified atom stereocenters. The topological polar surface area (TPSA) is 49.0 Å². The lowest BCUT2D eigenvalue weighted by molar-refractivity contribution is 0.0611. The number of aromatic amines is 1. The van der Waals surface area contributed by atoms with E-state index in [1.54, 1.807) is 24.5 Å². The number of benzene rings is 2. The first-order valence-electron chi connectivity index (χ1n) is 8.88. The predicted molar refractivity (Wildman–Crippen MR) is 98.1 cm³/mol. The quantitative estimate of drug-likeness (QED) is 0.752. The zero-order valence-electron chi connectivity index (χ0n) is 14.4. The van der Waals surface area contributed by atoms with Crippen LogP contribution in [0.2, 0.25) is 0 Å².